The Labute approximate surface area is 142 Å². The first kappa shape index (κ1) is 17.5. The Morgan fingerprint density at radius 1 is 1.42 bits per heavy atom. The Balaban J connectivity index is 2.04. The van der Waals surface area contributed by atoms with Crippen LogP contribution >= 0.6 is 0 Å². The van der Waals surface area contributed by atoms with E-state index >= 15 is 0 Å². The zero-order chi connectivity index (χ0) is 17.5. The third kappa shape index (κ3) is 3.93. The van der Waals surface area contributed by atoms with Crippen molar-refractivity contribution in [1.29, 1.82) is 5.26 Å². The highest BCUT2D eigenvalue weighted by Crippen LogP contribution is 2.21. The average molecular weight is 325 g/mol. The lowest BCUT2D eigenvalue weighted by atomic mass is 10.1. The predicted molar refractivity (Wildman–Crippen MR) is 93.5 cm³/mol. The number of hydrogen-bond donors (Lipinski definition) is 2. The zero-order valence-corrected chi connectivity index (χ0v) is 14.1. The summed E-state index contributed by atoms with van der Waals surface area (Å²) in [6.07, 6.45) is 2.12. The standard InChI is InChI=1S/C18H23N5O/c1-3-13(2)18(24)21-11-7-10-16-15(12-19)17(20)23(22-16)14-8-5-4-6-9-14/h4-6,8-9,13H,3,7,10-11,20H2,1-2H3,(H,21,24)/t13-/m1/s1. The number of carbonyl (C=O) groups excluding carboxylic acids is 1. The molecule has 1 atom stereocenters. The highest BCUT2D eigenvalue weighted by atomic mass is 16.1. The van der Waals surface area contributed by atoms with Gasteiger partial charge in [0.1, 0.15) is 17.5 Å². The summed E-state index contributed by atoms with van der Waals surface area (Å²) in [5, 5.41) is 16.7. The second-order valence-corrected chi connectivity index (χ2v) is 5.77. The number of hydrogen-bond acceptors (Lipinski definition) is 4. The van der Waals surface area contributed by atoms with Crippen LogP contribution in [0.1, 0.15) is 37.9 Å². The molecule has 1 aromatic heterocycles. The third-order valence-corrected chi connectivity index (χ3v) is 4.06. The second-order valence-electron chi connectivity index (χ2n) is 5.77. The van der Waals surface area contributed by atoms with Crippen LogP contribution in [-0.2, 0) is 11.2 Å². The van der Waals surface area contributed by atoms with Gasteiger partial charge in [0, 0.05) is 12.5 Å². The van der Waals surface area contributed by atoms with Gasteiger partial charge in [-0.15, -0.1) is 0 Å². The number of aryl methyl sites for hydroxylation is 1. The van der Waals surface area contributed by atoms with E-state index in [1.807, 2.05) is 44.2 Å². The Morgan fingerprint density at radius 3 is 2.75 bits per heavy atom. The molecule has 24 heavy (non-hydrogen) atoms. The van der Waals surface area contributed by atoms with E-state index in [0.29, 0.717) is 36.5 Å². The number of nitrogens with one attached hydrogen (secondary N) is 1. The molecule has 0 aliphatic carbocycles. The first-order valence-corrected chi connectivity index (χ1v) is 8.19. The van der Waals surface area contributed by atoms with Crippen molar-refractivity contribution in [3.8, 4) is 11.8 Å². The van der Waals surface area contributed by atoms with Gasteiger partial charge in [-0.3, -0.25) is 4.79 Å². The number of nitrogen functional groups attached to an aromatic ring is 1. The van der Waals surface area contributed by atoms with E-state index in [2.05, 4.69) is 16.5 Å². The van der Waals surface area contributed by atoms with Crippen LogP contribution in [0, 0.1) is 17.2 Å². The Kier molecular flexibility index (Phi) is 5.96. The molecule has 0 spiro atoms. The average Bonchev–Trinajstić information content (AvgIpc) is 2.94. The first-order chi connectivity index (χ1) is 11.6. The van der Waals surface area contributed by atoms with Gasteiger partial charge >= 0.3 is 0 Å². The smallest absolute Gasteiger partial charge is 0.222 e. The highest BCUT2D eigenvalue weighted by molar-refractivity contribution is 5.78. The van der Waals surface area contributed by atoms with Crippen molar-refractivity contribution in [2.24, 2.45) is 5.92 Å². The molecule has 0 unspecified atom stereocenters. The fraction of sp³-hybridized carbons (Fsp3) is 0.389. The summed E-state index contributed by atoms with van der Waals surface area (Å²) in [4.78, 5) is 11.7. The van der Waals surface area contributed by atoms with Crippen LogP contribution < -0.4 is 11.1 Å². The van der Waals surface area contributed by atoms with Crippen molar-refractivity contribution in [3.05, 3.63) is 41.6 Å². The molecule has 6 heteroatoms. The molecule has 0 saturated heterocycles. The van der Waals surface area contributed by atoms with Gasteiger partial charge in [-0.2, -0.15) is 10.4 Å². The van der Waals surface area contributed by atoms with Crippen molar-refractivity contribution in [2.75, 3.05) is 12.3 Å². The van der Waals surface area contributed by atoms with Gasteiger partial charge in [0.15, 0.2) is 0 Å². The van der Waals surface area contributed by atoms with Crippen molar-refractivity contribution in [3.63, 3.8) is 0 Å². The summed E-state index contributed by atoms with van der Waals surface area (Å²) in [5.74, 6) is 0.433. The number of anilines is 1. The summed E-state index contributed by atoms with van der Waals surface area (Å²) in [7, 11) is 0. The predicted octanol–water partition coefficient (Wildman–Crippen LogP) is 2.42. The maximum Gasteiger partial charge on any atom is 0.222 e. The molecule has 0 bridgehead atoms. The topological polar surface area (TPSA) is 96.7 Å². The summed E-state index contributed by atoms with van der Waals surface area (Å²) in [5.41, 5.74) is 7.96. The number of aromatic nitrogens is 2. The number of nitriles is 1. The lowest BCUT2D eigenvalue weighted by Crippen LogP contribution is -2.29. The maximum atomic E-state index is 11.7. The summed E-state index contributed by atoms with van der Waals surface area (Å²) >= 11 is 0. The lowest BCUT2D eigenvalue weighted by Gasteiger charge is -2.09. The van der Waals surface area contributed by atoms with E-state index in [1.165, 1.54) is 0 Å². The van der Waals surface area contributed by atoms with Crippen LogP contribution in [0.3, 0.4) is 0 Å². The number of rotatable bonds is 7. The monoisotopic (exact) mass is 325 g/mol. The SMILES string of the molecule is CC[C@@H](C)C(=O)NCCCc1nn(-c2ccccc2)c(N)c1C#N. The molecule has 0 aliphatic heterocycles. The molecule has 6 nitrogen and oxygen atoms in total. The molecule has 2 aromatic rings. The molecule has 3 N–H and O–H groups in total. The number of amides is 1. The molecule has 0 saturated carbocycles. The molecule has 2 rings (SSSR count). The number of nitrogens with two attached hydrogens (primary N) is 1. The van der Waals surface area contributed by atoms with Gasteiger partial charge in [0.25, 0.3) is 0 Å². The fourth-order valence-electron chi connectivity index (χ4n) is 2.37. The van der Waals surface area contributed by atoms with E-state index in [4.69, 9.17) is 5.73 Å². The van der Waals surface area contributed by atoms with Crippen molar-refractivity contribution < 1.29 is 4.79 Å². The van der Waals surface area contributed by atoms with Crippen molar-refractivity contribution >= 4 is 11.7 Å². The van der Waals surface area contributed by atoms with Crippen LogP contribution in [0.25, 0.3) is 5.69 Å². The molecule has 0 aliphatic rings. The van der Waals surface area contributed by atoms with E-state index < -0.39 is 0 Å². The fourth-order valence-corrected chi connectivity index (χ4v) is 2.37. The minimum absolute atomic E-state index is 0.0209. The molecule has 0 radical (unpaired) electrons. The summed E-state index contributed by atoms with van der Waals surface area (Å²) in [6.45, 7) is 4.46. The first-order valence-electron chi connectivity index (χ1n) is 8.19. The van der Waals surface area contributed by atoms with Crippen molar-refractivity contribution in [1.82, 2.24) is 15.1 Å². The largest absolute Gasteiger partial charge is 0.382 e. The third-order valence-electron chi connectivity index (χ3n) is 4.06. The van der Waals surface area contributed by atoms with E-state index in [-0.39, 0.29) is 11.8 Å². The second kappa shape index (κ2) is 8.16. The van der Waals surface area contributed by atoms with E-state index in [0.717, 1.165) is 12.1 Å². The summed E-state index contributed by atoms with van der Waals surface area (Å²) < 4.78 is 1.59. The van der Waals surface area contributed by atoms with Crippen LogP contribution in [-0.4, -0.2) is 22.2 Å². The number of carbonyl (C=O) groups is 1. The van der Waals surface area contributed by atoms with Gasteiger partial charge in [-0.05, 0) is 31.4 Å². The Hall–Kier alpha value is -2.81. The van der Waals surface area contributed by atoms with Gasteiger partial charge in [0.2, 0.25) is 5.91 Å². The molecule has 0 fully saturated rings. The molecular weight excluding hydrogens is 302 g/mol. The maximum absolute atomic E-state index is 11.7. The minimum Gasteiger partial charge on any atom is -0.382 e. The van der Waals surface area contributed by atoms with Crippen LogP contribution in [0.2, 0.25) is 0 Å². The quantitative estimate of drug-likeness (QED) is 0.764. The van der Waals surface area contributed by atoms with Gasteiger partial charge < -0.3 is 11.1 Å². The normalized spacial score (nSPS) is 11.7. The molecular formula is C18H23N5O. The molecule has 126 valence electrons. The van der Waals surface area contributed by atoms with Gasteiger partial charge in [-0.1, -0.05) is 32.0 Å². The van der Waals surface area contributed by atoms with Gasteiger partial charge in [0.05, 0.1) is 11.4 Å². The molecule has 1 aromatic carbocycles. The number of nitrogens with zero attached hydrogens (tertiary/aromatic N) is 3. The zero-order valence-electron chi connectivity index (χ0n) is 14.1. The molecule has 1 amide bonds. The minimum atomic E-state index is 0.0209. The number of para-hydroxylation sites is 1. The Bertz CT molecular complexity index is 730. The Morgan fingerprint density at radius 2 is 2.12 bits per heavy atom. The van der Waals surface area contributed by atoms with Crippen LogP contribution in [0.5, 0.6) is 0 Å². The number of benzene rings is 1. The highest BCUT2D eigenvalue weighted by Gasteiger charge is 2.16. The van der Waals surface area contributed by atoms with Crippen molar-refractivity contribution in [2.45, 2.75) is 33.1 Å². The molecule has 1 heterocycles. The van der Waals surface area contributed by atoms with Crippen LogP contribution in [0.15, 0.2) is 30.3 Å². The van der Waals surface area contributed by atoms with E-state index in [1.54, 1.807) is 4.68 Å². The van der Waals surface area contributed by atoms with Crippen LogP contribution in [0.4, 0.5) is 5.82 Å². The van der Waals surface area contributed by atoms with E-state index in [9.17, 15) is 10.1 Å². The van der Waals surface area contributed by atoms with Gasteiger partial charge in [-0.25, -0.2) is 4.68 Å². The summed E-state index contributed by atoms with van der Waals surface area (Å²) in [6, 6.07) is 11.6. The lowest BCUT2D eigenvalue weighted by molar-refractivity contribution is -0.124.